The van der Waals surface area contributed by atoms with Crippen LogP contribution in [0.4, 0.5) is 20.3 Å². The van der Waals surface area contributed by atoms with Crippen LogP contribution in [-0.2, 0) is 30.0 Å². The van der Waals surface area contributed by atoms with E-state index in [2.05, 4.69) is 4.98 Å². The quantitative estimate of drug-likeness (QED) is 0.319. The van der Waals surface area contributed by atoms with Crippen LogP contribution >= 0.6 is 0 Å². The lowest BCUT2D eigenvalue weighted by Crippen LogP contribution is -2.33. The molecule has 11 nitrogen and oxygen atoms in total. The molecule has 14 heteroatoms. The van der Waals surface area contributed by atoms with Gasteiger partial charge in [-0.3, -0.25) is 9.59 Å². The minimum atomic E-state index is -3.71. The maximum absolute atomic E-state index is 15.4. The summed E-state index contributed by atoms with van der Waals surface area (Å²) in [6, 6.07) is 3.88. The fourth-order valence-electron chi connectivity index (χ4n) is 6.41. The first kappa shape index (κ1) is 29.9. The van der Waals surface area contributed by atoms with Crippen molar-refractivity contribution in [3.05, 3.63) is 75.5 Å². The number of sulfone groups is 1. The van der Waals surface area contributed by atoms with Crippen molar-refractivity contribution in [3.8, 4) is 11.1 Å². The van der Waals surface area contributed by atoms with E-state index in [0.29, 0.717) is 52.8 Å². The molecule has 0 saturated heterocycles. The molecule has 1 unspecified atom stereocenters. The summed E-state index contributed by atoms with van der Waals surface area (Å²) in [6.07, 6.45) is 6.17. The van der Waals surface area contributed by atoms with E-state index in [-0.39, 0.29) is 55.2 Å². The molecule has 0 saturated carbocycles. The van der Waals surface area contributed by atoms with Gasteiger partial charge in [-0.05, 0) is 42.6 Å². The number of fused-ring (bicyclic) bond motifs is 3. The average Bonchev–Trinajstić information content (AvgIpc) is 3.19. The minimum Gasteiger partial charge on any atom is -0.395 e. The number of hydrogen-bond donors (Lipinski definition) is 2. The van der Waals surface area contributed by atoms with Crippen LogP contribution in [0, 0.1) is 11.6 Å². The highest BCUT2D eigenvalue weighted by Gasteiger charge is 2.37. The van der Waals surface area contributed by atoms with Crippen molar-refractivity contribution in [1.29, 1.82) is 0 Å². The summed E-state index contributed by atoms with van der Waals surface area (Å²) in [5.74, 6) is -2.48. The number of aromatic nitrogens is 3. The third-order valence-corrected chi connectivity index (χ3v) is 9.93. The number of rotatable bonds is 7. The number of halogens is 2. The second kappa shape index (κ2) is 11.1. The topological polar surface area (TPSA) is 144 Å². The van der Waals surface area contributed by atoms with Gasteiger partial charge in [-0.25, -0.2) is 22.2 Å². The number of carbonyl (C=O) groups excluding carboxylic acids is 1. The summed E-state index contributed by atoms with van der Waals surface area (Å²) in [4.78, 5) is 34.3. The van der Waals surface area contributed by atoms with Crippen LogP contribution in [0.2, 0.25) is 0 Å². The Balaban J connectivity index is 1.73. The van der Waals surface area contributed by atoms with Crippen molar-refractivity contribution < 1.29 is 27.1 Å². The molecule has 44 heavy (non-hydrogen) atoms. The van der Waals surface area contributed by atoms with Gasteiger partial charge in [0.05, 0.1) is 30.3 Å². The Morgan fingerprint density at radius 2 is 1.86 bits per heavy atom. The van der Waals surface area contributed by atoms with Crippen LogP contribution in [0.25, 0.3) is 22.0 Å². The standard InChI is InChI=1S/C30H32F2N6O5S/c1-35-16-22-19-11-20-21(29(40)36(8-9-39)7-4-25(20)44(2,42)43)12-24(19)38(28-23(32)10-18(31)13-34-28)15-17-14-37(6-3-5-33)27(26(17)22)30(35)41/h10-14,16,25,39H,3-9,15,33H2,1-2H3. The van der Waals surface area contributed by atoms with Crippen LogP contribution in [0.1, 0.15) is 39.6 Å². The first-order valence-electron chi connectivity index (χ1n) is 14.2. The fourth-order valence-corrected chi connectivity index (χ4v) is 7.60. The molecule has 3 aromatic heterocycles. The van der Waals surface area contributed by atoms with Gasteiger partial charge in [-0.1, -0.05) is 0 Å². The van der Waals surface area contributed by atoms with E-state index in [1.165, 1.54) is 20.4 Å². The molecular weight excluding hydrogens is 594 g/mol. The summed E-state index contributed by atoms with van der Waals surface area (Å²) in [5, 5.41) is 9.19. The number of nitrogens with two attached hydrogens (primary N) is 1. The zero-order chi connectivity index (χ0) is 31.5. The molecular formula is C30H32F2N6O5S. The van der Waals surface area contributed by atoms with E-state index < -0.39 is 32.6 Å². The predicted molar refractivity (Wildman–Crippen MR) is 161 cm³/mol. The highest BCUT2D eigenvalue weighted by Crippen LogP contribution is 2.47. The molecule has 2 aliphatic heterocycles. The summed E-state index contributed by atoms with van der Waals surface area (Å²) < 4.78 is 58.9. The number of anilines is 2. The Labute approximate surface area is 252 Å². The number of carbonyl (C=O) groups is 1. The zero-order valence-electron chi connectivity index (χ0n) is 24.3. The highest BCUT2D eigenvalue weighted by atomic mass is 32.2. The Morgan fingerprint density at radius 1 is 1.09 bits per heavy atom. The van der Waals surface area contributed by atoms with Crippen LogP contribution in [0.15, 0.2) is 41.6 Å². The molecule has 4 aromatic rings. The minimum absolute atomic E-state index is 0.00350. The lowest BCUT2D eigenvalue weighted by atomic mass is 9.93. The number of pyridine rings is 2. The van der Waals surface area contributed by atoms with Gasteiger partial charge in [0.1, 0.15) is 11.3 Å². The third-order valence-electron chi connectivity index (χ3n) is 8.41. The normalized spacial score (nSPS) is 16.6. The summed E-state index contributed by atoms with van der Waals surface area (Å²) in [6.45, 7) is 0.658. The summed E-state index contributed by atoms with van der Waals surface area (Å²) in [7, 11) is -2.10. The van der Waals surface area contributed by atoms with Crippen LogP contribution < -0.4 is 16.2 Å². The van der Waals surface area contributed by atoms with Gasteiger partial charge in [0, 0.05) is 73.5 Å². The van der Waals surface area contributed by atoms with Crippen molar-refractivity contribution in [2.75, 3.05) is 37.4 Å². The molecule has 0 aliphatic carbocycles. The number of aliphatic hydroxyl groups excluding tert-OH is 1. The maximum atomic E-state index is 15.4. The summed E-state index contributed by atoms with van der Waals surface area (Å²) >= 11 is 0. The number of amides is 1. The van der Waals surface area contributed by atoms with Crippen molar-refractivity contribution in [1.82, 2.24) is 19.0 Å². The molecule has 0 bridgehead atoms. The van der Waals surface area contributed by atoms with Gasteiger partial charge in [-0.15, -0.1) is 0 Å². The van der Waals surface area contributed by atoms with Crippen LogP contribution in [-0.4, -0.2) is 70.9 Å². The van der Waals surface area contributed by atoms with E-state index in [4.69, 9.17) is 5.73 Å². The second-order valence-corrected chi connectivity index (χ2v) is 13.5. The van der Waals surface area contributed by atoms with Crippen molar-refractivity contribution >= 4 is 38.2 Å². The van der Waals surface area contributed by atoms with E-state index in [9.17, 15) is 27.5 Å². The molecule has 0 fully saturated rings. The van der Waals surface area contributed by atoms with Gasteiger partial charge >= 0.3 is 0 Å². The Bertz CT molecular complexity index is 1990. The number of aryl methyl sites for hydroxylation is 2. The SMILES string of the molecule is Cn1cc2c3c(cn(CCCN)c3c1=O)CN(c1ncc(F)cc1F)c1cc3c(cc1-2)C(S(C)(=O)=O)CCN(CCO)C3=O. The van der Waals surface area contributed by atoms with E-state index in [1.807, 2.05) is 10.8 Å². The van der Waals surface area contributed by atoms with Crippen LogP contribution in [0.3, 0.4) is 0 Å². The van der Waals surface area contributed by atoms with E-state index in [1.54, 1.807) is 19.3 Å². The Morgan fingerprint density at radius 3 is 2.55 bits per heavy atom. The predicted octanol–water partition coefficient (Wildman–Crippen LogP) is 2.60. The Kier molecular flexibility index (Phi) is 7.54. The lowest BCUT2D eigenvalue weighted by molar-refractivity contribution is 0.0727. The zero-order valence-corrected chi connectivity index (χ0v) is 25.1. The molecule has 0 radical (unpaired) electrons. The fraction of sp³-hybridized carbons (Fsp3) is 0.367. The summed E-state index contributed by atoms with van der Waals surface area (Å²) in [5.41, 5.74) is 8.33. The smallest absolute Gasteiger partial charge is 0.274 e. The molecule has 1 aromatic carbocycles. The van der Waals surface area contributed by atoms with Crippen LogP contribution in [0.5, 0.6) is 0 Å². The van der Waals surface area contributed by atoms with Gasteiger partial charge < -0.3 is 29.8 Å². The van der Waals surface area contributed by atoms with E-state index >= 15 is 4.39 Å². The van der Waals surface area contributed by atoms with E-state index in [0.717, 1.165) is 18.5 Å². The first-order valence-corrected chi connectivity index (χ1v) is 16.2. The number of hydrogen-bond acceptors (Lipinski definition) is 8. The molecule has 3 N–H and O–H groups in total. The van der Waals surface area contributed by atoms with Gasteiger partial charge in [0.15, 0.2) is 21.5 Å². The molecule has 0 spiro atoms. The largest absolute Gasteiger partial charge is 0.395 e. The molecule has 2 aliphatic rings. The first-order chi connectivity index (χ1) is 20.9. The van der Waals surface area contributed by atoms with Gasteiger partial charge in [-0.2, -0.15) is 0 Å². The second-order valence-electron chi connectivity index (χ2n) is 11.3. The maximum Gasteiger partial charge on any atom is 0.274 e. The molecule has 5 heterocycles. The van der Waals surface area contributed by atoms with Crippen molar-refractivity contribution in [3.63, 3.8) is 0 Å². The molecule has 6 rings (SSSR count). The van der Waals surface area contributed by atoms with Crippen molar-refractivity contribution in [2.45, 2.75) is 31.2 Å². The third kappa shape index (κ3) is 4.86. The molecule has 232 valence electrons. The average molecular weight is 627 g/mol. The number of nitrogens with zero attached hydrogens (tertiary/aromatic N) is 5. The number of aliphatic hydroxyl groups is 1. The monoisotopic (exact) mass is 626 g/mol. The van der Waals surface area contributed by atoms with Gasteiger partial charge in [0.2, 0.25) is 0 Å². The Hall–Kier alpha value is -4.14. The lowest BCUT2D eigenvalue weighted by Gasteiger charge is -2.27. The highest BCUT2D eigenvalue weighted by molar-refractivity contribution is 7.90. The van der Waals surface area contributed by atoms with Crippen molar-refractivity contribution in [2.24, 2.45) is 12.8 Å². The molecule has 1 amide bonds. The number of β-amino-alcohol motifs (C(OH)–C–C–N with tert-alkyl or cyclic N) is 1. The van der Waals surface area contributed by atoms with Gasteiger partial charge in [0.25, 0.3) is 11.5 Å². The number of benzene rings is 1. The molecule has 1 atom stereocenters.